The molecule has 0 aliphatic rings. The zero-order chi connectivity index (χ0) is 14.5. The molecule has 0 aliphatic carbocycles. The first-order valence-electron chi connectivity index (χ1n) is 5.88. The summed E-state index contributed by atoms with van der Waals surface area (Å²) in [6, 6.07) is 1.10. The monoisotopic (exact) mass is 371 g/mol. The van der Waals surface area contributed by atoms with Gasteiger partial charge in [-0.2, -0.15) is 0 Å². The number of unbranched alkanes of at least 4 members (excludes halogenated alkanes) is 3. The molecule has 5 nitrogen and oxygen atoms in total. The lowest BCUT2D eigenvalue weighted by atomic mass is 10.2. The maximum Gasteiger partial charge on any atom is 0.287 e. The summed E-state index contributed by atoms with van der Waals surface area (Å²) in [6.45, 7) is 2.63. The van der Waals surface area contributed by atoms with Crippen molar-refractivity contribution in [3.05, 3.63) is 16.5 Å². The summed E-state index contributed by atoms with van der Waals surface area (Å²) in [6.07, 6.45) is 4.16. The number of halogens is 2. The van der Waals surface area contributed by atoms with Gasteiger partial charge in [0.2, 0.25) is 0 Å². The van der Waals surface area contributed by atoms with Gasteiger partial charge < -0.3 is 9.73 Å². The molecule has 1 N–H and O–H groups in total. The lowest BCUT2D eigenvalue weighted by Gasteiger charge is -2.02. The Morgan fingerprint density at radius 3 is 2.63 bits per heavy atom. The number of furan rings is 1. The van der Waals surface area contributed by atoms with Crippen LogP contribution in [0, 0.1) is 0 Å². The summed E-state index contributed by atoms with van der Waals surface area (Å²) >= 11 is 2.91. The van der Waals surface area contributed by atoms with Crippen molar-refractivity contribution < 1.29 is 17.6 Å². The van der Waals surface area contributed by atoms with E-state index in [0.29, 0.717) is 6.54 Å². The van der Waals surface area contributed by atoms with Gasteiger partial charge in [-0.1, -0.05) is 26.2 Å². The molecular weight excluding hydrogens is 358 g/mol. The summed E-state index contributed by atoms with van der Waals surface area (Å²) in [7, 11) is 1.27. The largest absolute Gasteiger partial charge is 0.443 e. The van der Waals surface area contributed by atoms with Gasteiger partial charge in [-0.3, -0.25) is 4.79 Å². The fraction of sp³-hybridized carbons (Fsp3) is 0.545. The smallest absolute Gasteiger partial charge is 0.287 e. The number of carbonyl (C=O) groups is 1. The van der Waals surface area contributed by atoms with Gasteiger partial charge in [0.05, 0.1) is 0 Å². The lowest BCUT2D eigenvalue weighted by Crippen LogP contribution is -2.23. The van der Waals surface area contributed by atoms with E-state index in [4.69, 9.17) is 15.1 Å². The molecule has 0 fully saturated rings. The fourth-order valence-corrected chi connectivity index (χ4v) is 3.50. The summed E-state index contributed by atoms with van der Waals surface area (Å²) in [4.78, 5) is 11.5. The normalized spacial score (nSPS) is 11.5. The minimum Gasteiger partial charge on any atom is -0.443 e. The molecule has 0 aromatic carbocycles. The Bertz CT molecular complexity index is 541. The van der Waals surface area contributed by atoms with Crippen LogP contribution in [0.3, 0.4) is 0 Å². The van der Waals surface area contributed by atoms with Crippen molar-refractivity contribution >= 4 is 41.6 Å². The van der Waals surface area contributed by atoms with Crippen LogP contribution in [0.2, 0.25) is 0 Å². The highest BCUT2D eigenvalue weighted by Gasteiger charge is 2.22. The molecule has 0 unspecified atom stereocenters. The standard InChI is InChI=1S/C11H15BrClNO4S/c1-2-3-4-5-6-14-11(15)8-7-9(10(12)18-8)19(13,16)17/h7H,2-6H2,1H3,(H,14,15). The van der Waals surface area contributed by atoms with Gasteiger partial charge in [0.15, 0.2) is 10.4 Å². The summed E-state index contributed by atoms with van der Waals surface area (Å²) in [5.74, 6) is -0.537. The molecule has 1 heterocycles. The lowest BCUT2D eigenvalue weighted by molar-refractivity contribution is 0.0924. The first kappa shape index (κ1) is 16.5. The Labute approximate surface area is 125 Å². The third kappa shape index (κ3) is 5.16. The van der Waals surface area contributed by atoms with E-state index in [0.717, 1.165) is 31.7 Å². The summed E-state index contributed by atoms with van der Waals surface area (Å²) in [5.41, 5.74) is 0. The van der Waals surface area contributed by atoms with E-state index < -0.39 is 15.0 Å². The first-order chi connectivity index (χ1) is 8.86. The molecule has 0 aliphatic heterocycles. The molecule has 108 valence electrons. The van der Waals surface area contributed by atoms with Crippen LogP contribution < -0.4 is 5.32 Å². The average Bonchev–Trinajstić information content (AvgIpc) is 2.70. The predicted octanol–water partition coefficient (Wildman–Crippen LogP) is 3.28. The van der Waals surface area contributed by atoms with Gasteiger partial charge in [0.25, 0.3) is 15.0 Å². The van der Waals surface area contributed by atoms with E-state index in [2.05, 4.69) is 28.2 Å². The third-order valence-corrected chi connectivity index (χ3v) is 4.64. The van der Waals surface area contributed by atoms with Crippen molar-refractivity contribution in [3.63, 3.8) is 0 Å². The van der Waals surface area contributed by atoms with Crippen molar-refractivity contribution in [1.82, 2.24) is 5.32 Å². The highest BCUT2D eigenvalue weighted by Crippen LogP contribution is 2.28. The van der Waals surface area contributed by atoms with Gasteiger partial charge in [0.1, 0.15) is 4.90 Å². The predicted molar refractivity (Wildman–Crippen MR) is 75.9 cm³/mol. The third-order valence-electron chi connectivity index (χ3n) is 2.46. The Morgan fingerprint density at radius 1 is 1.42 bits per heavy atom. The Hall–Kier alpha value is -0.530. The Morgan fingerprint density at radius 2 is 2.11 bits per heavy atom. The molecule has 0 radical (unpaired) electrons. The van der Waals surface area contributed by atoms with E-state index in [1.807, 2.05) is 0 Å². The number of nitrogens with one attached hydrogen (secondary N) is 1. The summed E-state index contributed by atoms with van der Waals surface area (Å²) in [5, 5.41) is 2.66. The molecule has 1 amide bonds. The second kappa shape index (κ2) is 7.31. The molecule has 0 atom stereocenters. The zero-order valence-corrected chi connectivity index (χ0v) is 13.6. The van der Waals surface area contributed by atoms with Crippen molar-refractivity contribution in [2.24, 2.45) is 0 Å². The second-order valence-electron chi connectivity index (χ2n) is 4.00. The van der Waals surface area contributed by atoms with Crippen molar-refractivity contribution in [3.8, 4) is 0 Å². The van der Waals surface area contributed by atoms with E-state index in [9.17, 15) is 13.2 Å². The maximum atomic E-state index is 11.7. The van der Waals surface area contributed by atoms with Crippen LogP contribution in [-0.4, -0.2) is 20.9 Å². The number of amides is 1. The molecular formula is C11H15BrClNO4S. The van der Waals surface area contributed by atoms with Gasteiger partial charge in [-0.05, 0) is 22.4 Å². The molecule has 0 saturated carbocycles. The quantitative estimate of drug-likeness (QED) is 0.588. The van der Waals surface area contributed by atoms with Gasteiger partial charge in [0, 0.05) is 23.3 Å². The topological polar surface area (TPSA) is 76.4 Å². The van der Waals surface area contributed by atoms with Gasteiger partial charge >= 0.3 is 0 Å². The number of carbonyl (C=O) groups excluding carboxylic acids is 1. The van der Waals surface area contributed by atoms with Crippen molar-refractivity contribution in [2.75, 3.05) is 6.54 Å². The highest BCUT2D eigenvalue weighted by atomic mass is 79.9. The van der Waals surface area contributed by atoms with Crippen molar-refractivity contribution in [1.29, 1.82) is 0 Å². The Kier molecular flexibility index (Phi) is 6.35. The van der Waals surface area contributed by atoms with Crippen LogP contribution in [0.5, 0.6) is 0 Å². The SMILES string of the molecule is CCCCCCNC(=O)c1cc(S(=O)(=O)Cl)c(Br)o1. The van der Waals surface area contributed by atoms with Crippen LogP contribution in [0.15, 0.2) is 20.0 Å². The van der Waals surface area contributed by atoms with E-state index in [1.54, 1.807) is 0 Å². The molecule has 1 aromatic rings. The molecule has 8 heteroatoms. The summed E-state index contributed by atoms with van der Waals surface area (Å²) < 4.78 is 27.3. The maximum absolute atomic E-state index is 11.7. The fourth-order valence-electron chi connectivity index (χ4n) is 1.47. The van der Waals surface area contributed by atoms with Crippen LogP contribution in [0.25, 0.3) is 0 Å². The van der Waals surface area contributed by atoms with Crippen LogP contribution in [-0.2, 0) is 9.05 Å². The van der Waals surface area contributed by atoms with E-state index >= 15 is 0 Å². The average molecular weight is 373 g/mol. The van der Waals surface area contributed by atoms with Crippen LogP contribution in [0.1, 0.15) is 43.2 Å². The first-order valence-corrected chi connectivity index (χ1v) is 8.98. The van der Waals surface area contributed by atoms with Gasteiger partial charge in [-0.25, -0.2) is 8.42 Å². The minimum atomic E-state index is -3.93. The van der Waals surface area contributed by atoms with Crippen LogP contribution in [0.4, 0.5) is 0 Å². The minimum absolute atomic E-state index is 0.0707. The molecule has 0 saturated heterocycles. The number of hydrogen-bond donors (Lipinski definition) is 1. The van der Waals surface area contributed by atoms with Crippen LogP contribution >= 0.6 is 26.6 Å². The highest BCUT2D eigenvalue weighted by molar-refractivity contribution is 9.10. The van der Waals surface area contributed by atoms with Gasteiger partial charge in [-0.15, -0.1) is 0 Å². The molecule has 1 rings (SSSR count). The number of rotatable bonds is 7. The van der Waals surface area contributed by atoms with E-state index in [-0.39, 0.29) is 15.3 Å². The second-order valence-corrected chi connectivity index (χ2v) is 7.26. The zero-order valence-electron chi connectivity index (χ0n) is 10.4. The number of hydrogen-bond acceptors (Lipinski definition) is 4. The van der Waals surface area contributed by atoms with Crippen molar-refractivity contribution in [2.45, 2.75) is 37.5 Å². The molecule has 19 heavy (non-hydrogen) atoms. The molecule has 0 spiro atoms. The molecule has 1 aromatic heterocycles. The molecule has 0 bridgehead atoms. The van der Waals surface area contributed by atoms with E-state index in [1.165, 1.54) is 0 Å². The Balaban J connectivity index is 2.59.